The lowest BCUT2D eigenvalue weighted by atomic mass is 10.1. The van der Waals surface area contributed by atoms with Crippen LogP contribution in [-0.2, 0) is 11.2 Å². The third-order valence-electron chi connectivity index (χ3n) is 4.52. The molecule has 1 unspecified atom stereocenters. The minimum absolute atomic E-state index is 0.0853. The zero-order chi connectivity index (χ0) is 19.3. The van der Waals surface area contributed by atoms with Gasteiger partial charge in [-0.1, -0.05) is 11.6 Å². The molecular formula is C19H20ClN5O3. The minimum Gasteiger partial charge on any atom is -0.493 e. The highest BCUT2D eigenvalue weighted by Gasteiger charge is 2.28. The summed E-state index contributed by atoms with van der Waals surface area (Å²) >= 11 is 5.87. The van der Waals surface area contributed by atoms with Crippen molar-refractivity contribution in [3.8, 4) is 5.75 Å². The second-order valence-corrected chi connectivity index (χ2v) is 6.89. The molecule has 0 radical (unpaired) electrons. The fourth-order valence-corrected chi connectivity index (χ4v) is 3.17. The van der Waals surface area contributed by atoms with Crippen LogP contribution in [0.2, 0.25) is 5.02 Å². The van der Waals surface area contributed by atoms with Crippen molar-refractivity contribution in [1.29, 1.82) is 0 Å². The van der Waals surface area contributed by atoms with E-state index >= 15 is 0 Å². The number of hydrogen-bond donors (Lipinski definition) is 2. The number of ether oxygens (including phenoxy) is 2. The van der Waals surface area contributed by atoms with Crippen molar-refractivity contribution in [2.75, 3.05) is 26.3 Å². The van der Waals surface area contributed by atoms with Crippen molar-refractivity contribution in [3.05, 3.63) is 64.7 Å². The lowest BCUT2D eigenvalue weighted by Crippen LogP contribution is -2.42. The molecule has 1 saturated heterocycles. The van der Waals surface area contributed by atoms with E-state index in [1.54, 1.807) is 29.3 Å². The van der Waals surface area contributed by atoms with Gasteiger partial charge in [-0.05, 0) is 36.4 Å². The summed E-state index contributed by atoms with van der Waals surface area (Å²) in [6.07, 6.45) is 1.99. The van der Waals surface area contributed by atoms with Gasteiger partial charge in [-0.2, -0.15) is 10.2 Å². The van der Waals surface area contributed by atoms with Crippen molar-refractivity contribution < 1.29 is 14.3 Å². The van der Waals surface area contributed by atoms with Gasteiger partial charge in [-0.25, -0.2) is 0 Å². The molecule has 1 aliphatic heterocycles. The Bertz CT molecular complexity index is 910. The summed E-state index contributed by atoms with van der Waals surface area (Å²) in [5, 5.41) is 14.6. The minimum atomic E-state index is -0.261. The predicted octanol–water partition coefficient (Wildman–Crippen LogP) is 2.62. The topological polar surface area (TPSA) is 96.1 Å². The summed E-state index contributed by atoms with van der Waals surface area (Å²) in [6, 6.07) is 10.9. The summed E-state index contributed by atoms with van der Waals surface area (Å²) < 4.78 is 11.5. The molecule has 0 aliphatic carbocycles. The van der Waals surface area contributed by atoms with E-state index in [4.69, 9.17) is 21.1 Å². The maximum absolute atomic E-state index is 12.5. The third kappa shape index (κ3) is 4.35. The van der Waals surface area contributed by atoms with Crippen molar-refractivity contribution in [2.24, 2.45) is 0 Å². The van der Waals surface area contributed by atoms with Gasteiger partial charge in [0.15, 0.2) is 0 Å². The van der Waals surface area contributed by atoms with Gasteiger partial charge in [0, 0.05) is 29.9 Å². The van der Waals surface area contributed by atoms with Crippen molar-refractivity contribution >= 4 is 17.5 Å². The maximum Gasteiger partial charge on any atom is 0.272 e. The number of benzene rings is 1. The van der Waals surface area contributed by atoms with Crippen molar-refractivity contribution in [1.82, 2.24) is 25.3 Å². The molecule has 2 N–H and O–H groups in total. The van der Waals surface area contributed by atoms with E-state index in [9.17, 15) is 4.79 Å². The van der Waals surface area contributed by atoms with Gasteiger partial charge in [0.2, 0.25) is 0 Å². The predicted molar refractivity (Wildman–Crippen MR) is 102 cm³/mol. The van der Waals surface area contributed by atoms with Gasteiger partial charge in [-0.3, -0.25) is 15.0 Å². The molecule has 146 valence electrons. The Kier molecular flexibility index (Phi) is 5.59. The van der Waals surface area contributed by atoms with Crippen LogP contribution in [-0.4, -0.2) is 57.5 Å². The first kappa shape index (κ1) is 18.5. The Balaban J connectivity index is 1.32. The number of aromatic nitrogens is 4. The number of rotatable bonds is 6. The molecule has 2 aromatic heterocycles. The molecule has 1 fully saturated rings. The normalized spacial score (nSPS) is 16.9. The van der Waals surface area contributed by atoms with Crippen LogP contribution < -0.4 is 4.74 Å². The fourth-order valence-electron chi connectivity index (χ4n) is 3.04. The molecule has 1 amide bonds. The number of halogens is 1. The van der Waals surface area contributed by atoms with Gasteiger partial charge in [0.25, 0.3) is 5.91 Å². The largest absolute Gasteiger partial charge is 0.493 e. The molecule has 0 saturated carbocycles. The second kappa shape index (κ2) is 8.45. The molecule has 3 aromatic rings. The van der Waals surface area contributed by atoms with Crippen molar-refractivity contribution in [3.63, 3.8) is 0 Å². The number of aromatic amines is 2. The first-order valence-corrected chi connectivity index (χ1v) is 9.39. The van der Waals surface area contributed by atoms with E-state index in [1.807, 2.05) is 18.2 Å². The van der Waals surface area contributed by atoms with E-state index in [0.29, 0.717) is 43.4 Å². The van der Waals surface area contributed by atoms with E-state index in [1.165, 1.54) is 0 Å². The number of carbonyl (C=O) groups excluding carboxylic acids is 1. The molecular weight excluding hydrogens is 382 g/mol. The number of nitrogens with zero attached hydrogens (tertiary/aromatic N) is 3. The number of morpholine rings is 1. The summed E-state index contributed by atoms with van der Waals surface area (Å²) in [7, 11) is 0. The molecule has 1 atom stereocenters. The molecule has 28 heavy (non-hydrogen) atoms. The number of carbonyl (C=O) groups is 1. The number of hydrogen-bond acceptors (Lipinski definition) is 5. The average molecular weight is 402 g/mol. The van der Waals surface area contributed by atoms with Crippen LogP contribution in [0, 0.1) is 0 Å². The average Bonchev–Trinajstić information content (AvgIpc) is 3.41. The van der Waals surface area contributed by atoms with Crippen molar-refractivity contribution in [2.45, 2.75) is 12.5 Å². The third-order valence-corrected chi connectivity index (χ3v) is 4.77. The quantitative estimate of drug-likeness (QED) is 0.661. The van der Waals surface area contributed by atoms with Gasteiger partial charge in [0.1, 0.15) is 17.5 Å². The zero-order valence-corrected chi connectivity index (χ0v) is 15.9. The molecule has 9 heteroatoms. The highest BCUT2D eigenvalue weighted by molar-refractivity contribution is 6.30. The zero-order valence-electron chi connectivity index (χ0n) is 15.1. The van der Waals surface area contributed by atoms with Crippen LogP contribution in [0.5, 0.6) is 5.75 Å². The SMILES string of the molecule is O=C(c1ccn[nH]1)N1CCOC(c2cc(CCOc3ccc(Cl)cc3)[nH]n2)C1. The molecule has 1 aromatic carbocycles. The van der Waals surface area contributed by atoms with Crippen LogP contribution in [0.15, 0.2) is 42.6 Å². The number of nitrogens with one attached hydrogen (secondary N) is 2. The summed E-state index contributed by atoms with van der Waals surface area (Å²) in [5.74, 6) is 0.686. The Labute approximate surface area is 166 Å². The van der Waals surface area contributed by atoms with Gasteiger partial charge >= 0.3 is 0 Å². The lowest BCUT2D eigenvalue weighted by molar-refractivity contribution is -0.0249. The highest BCUT2D eigenvalue weighted by atomic mass is 35.5. The highest BCUT2D eigenvalue weighted by Crippen LogP contribution is 2.22. The summed E-state index contributed by atoms with van der Waals surface area (Å²) in [6.45, 7) is 1.97. The fraction of sp³-hybridized carbons (Fsp3) is 0.316. The molecule has 8 nitrogen and oxygen atoms in total. The van der Waals surface area contributed by atoms with E-state index in [2.05, 4.69) is 20.4 Å². The first-order chi connectivity index (χ1) is 13.7. The molecule has 3 heterocycles. The first-order valence-electron chi connectivity index (χ1n) is 9.02. The Hall–Kier alpha value is -2.84. The summed E-state index contributed by atoms with van der Waals surface area (Å²) in [4.78, 5) is 14.2. The van der Waals surface area contributed by atoms with Gasteiger partial charge in [0.05, 0.1) is 25.5 Å². The van der Waals surface area contributed by atoms with E-state index in [0.717, 1.165) is 17.1 Å². The smallest absolute Gasteiger partial charge is 0.272 e. The van der Waals surface area contributed by atoms with Crippen LogP contribution in [0.4, 0.5) is 0 Å². The monoisotopic (exact) mass is 401 g/mol. The van der Waals surface area contributed by atoms with Crippen LogP contribution in [0.1, 0.15) is 28.0 Å². The standard InChI is InChI=1S/C19H20ClN5O3/c20-13-1-3-15(4-2-13)27-9-6-14-11-17(24-22-14)18-12-25(8-10-28-18)19(26)16-5-7-21-23-16/h1-5,7,11,18H,6,8-10,12H2,(H,21,23)(H,22,24). The van der Waals surface area contributed by atoms with Crippen LogP contribution in [0.25, 0.3) is 0 Å². The molecule has 4 rings (SSSR count). The molecule has 0 spiro atoms. The lowest BCUT2D eigenvalue weighted by Gasteiger charge is -2.31. The Morgan fingerprint density at radius 2 is 2.14 bits per heavy atom. The van der Waals surface area contributed by atoms with Gasteiger partial charge < -0.3 is 14.4 Å². The van der Waals surface area contributed by atoms with Crippen LogP contribution >= 0.6 is 11.6 Å². The summed E-state index contributed by atoms with van der Waals surface area (Å²) in [5.41, 5.74) is 2.20. The maximum atomic E-state index is 12.5. The van der Waals surface area contributed by atoms with Crippen LogP contribution in [0.3, 0.4) is 0 Å². The number of H-pyrrole nitrogens is 2. The van der Waals surface area contributed by atoms with E-state index < -0.39 is 0 Å². The van der Waals surface area contributed by atoms with E-state index in [-0.39, 0.29) is 12.0 Å². The van der Waals surface area contributed by atoms with Gasteiger partial charge in [-0.15, -0.1) is 0 Å². The Morgan fingerprint density at radius 3 is 2.93 bits per heavy atom. The number of amides is 1. The second-order valence-electron chi connectivity index (χ2n) is 6.45. The Morgan fingerprint density at radius 1 is 1.29 bits per heavy atom. The molecule has 1 aliphatic rings. The molecule has 0 bridgehead atoms.